The molecule has 0 unspecified atom stereocenters. The van der Waals surface area contributed by atoms with Gasteiger partial charge in [-0.1, -0.05) is 17.7 Å². The summed E-state index contributed by atoms with van der Waals surface area (Å²) in [6.45, 7) is 1.13. The predicted molar refractivity (Wildman–Crippen MR) is 76.8 cm³/mol. The van der Waals surface area contributed by atoms with Gasteiger partial charge in [0, 0.05) is 29.7 Å². The molecule has 1 aromatic carbocycles. The maximum Gasteiger partial charge on any atom is 0.225 e. The van der Waals surface area contributed by atoms with E-state index in [2.05, 4.69) is 5.32 Å². The fourth-order valence-corrected chi connectivity index (χ4v) is 2.82. The van der Waals surface area contributed by atoms with Crippen molar-refractivity contribution in [1.82, 2.24) is 5.32 Å². The number of rotatable bonds is 4. The maximum atomic E-state index is 13.7. The lowest BCUT2D eigenvalue weighted by Crippen LogP contribution is -2.53. The Bertz CT molecular complexity index is 470. The molecular weight excluding hydrogens is 304 g/mol. The van der Waals surface area contributed by atoms with Gasteiger partial charge in [0.2, 0.25) is 5.91 Å². The van der Waals surface area contributed by atoms with Gasteiger partial charge in [-0.25, -0.2) is 4.39 Å². The molecule has 6 heteroatoms. The number of nitrogens with one attached hydrogen (secondary N) is 1. The highest BCUT2D eigenvalue weighted by Crippen LogP contribution is 2.24. The SMILES string of the molecule is O=C(Cc1c(F)cccc1Cl)NC1(CCl)CCOCC1. The van der Waals surface area contributed by atoms with Crippen LogP contribution in [0.2, 0.25) is 5.02 Å². The van der Waals surface area contributed by atoms with Gasteiger partial charge < -0.3 is 10.1 Å². The smallest absolute Gasteiger partial charge is 0.225 e. The van der Waals surface area contributed by atoms with Crippen LogP contribution in [0.25, 0.3) is 0 Å². The topological polar surface area (TPSA) is 38.3 Å². The Morgan fingerprint density at radius 1 is 1.40 bits per heavy atom. The number of hydrogen-bond donors (Lipinski definition) is 1. The quantitative estimate of drug-likeness (QED) is 0.866. The third-order valence-electron chi connectivity index (χ3n) is 3.51. The van der Waals surface area contributed by atoms with Crippen LogP contribution in [0.1, 0.15) is 18.4 Å². The second-order valence-electron chi connectivity index (χ2n) is 4.95. The van der Waals surface area contributed by atoms with Crippen molar-refractivity contribution in [1.29, 1.82) is 0 Å². The van der Waals surface area contributed by atoms with Crippen molar-refractivity contribution in [3.63, 3.8) is 0 Å². The lowest BCUT2D eigenvalue weighted by atomic mass is 9.92. The van der Waals surface area contributed by atoms with Crippen LogP contribution in [-0.2, 0) is 16.0 Å². The van der Waals surface area contributed by atoms with E-state index in [1.165, 1.54) is 12.1 Å². The number of benzene rings is 1. The Kier molecular flexibility index (Phi) is 5.24. The van der Waals surface area contributed by atoms with Gasteiger partial charge in [-0.15, -0.1) is 11.6 Å². The highest BCUT2D eigenvalue weighted by Gasteiger charge is 2.33. The molecule has 20 heavy (non-hydrogen) atoms. The monoisotopic (exact) mass is 319 g/mol. The van der Waals surface area contributed by atoms with Gasteiger partial charge in [0.05, 0.1) is 12.0 Å². The Labute approximate surface area is 127 Å². The van der Waals surface area contributed by atoms with Crippen LogP contribution in [0.4, 0.5) is 4.39 Å². The molecule has 0 spiro atoms. The Balaban J connectivity index is 2.05. The lowest BCUT2D eigenvalue weighted by molar-refractivity contribution is -0.123. The zero-order chi connectivity index (χ0) is 14.6. The molecule has 0 bridgehead atoms. The second-order valence-corrected chi connectivity index (χ2v) is 5.63. The first-order valence-electron chi connectivity index (χ1n) is 6.44. The summed E-state index contributed by atoms with van der Waals surface area (Å²) in [5.74, 6) is -0.438. The highest BCUT2D eigenvalue weighted by molar-refractivity contribution is 6.31. The summed E-state index contributed by atoms with van der Waals surface area (Å²) >= 11 is 11.9. The van der Waals surface area contributed by atoms with Crippen LogP contribution in [0.15, 0.2) is 18.2 Å². The average Bonchev–Trinajstić information content (AvgIpc) is 2.44. The Morgan fingerprint density at radius 2 is 2.10 bits per heavy atom. The highest BCUT2D eigenvalue weighted by atomic mass is 35.5. The largest absolute Gasteiger partial charge is 0.381 e. The molecule has 1 heterocycles. The molecule has 0 aromatic heterocycles. The van der Waals surface area contributed by atoms with Crippen molar-refractivity contribution in [3.05, 3.63) is 34.6 Å². The Hall–Kier alpha value is -0.840. The predicted octanol–water partition coefficient (Wildman–Crippen LogP) is 2.93. The van der Waals surface area contributed by atoms with E-state index < -0.39 is 11.4 Å². The molecule has 0 saturated carbocycles. The molecule has 110 valence electrons. The number of ether oxygens (including phenoxy) is 1. The van der Waals surface area contributed by atoms with Crippen LogP contribution in [0.5, 0.6) is 0 Å². The fraction of sp³-hybridized carbons (Fsp3) is 0.500. The van der Waals surface area contributed by atoms with Crippen molar-refractivity contribution in [2.24, 2.45) is 0 Å². The van der Waals surface area contributed by atoms with Gasteiger partial charge in [0.1, 0.15) is 5.82 Å². The first-order chi connectivity index (χ1) is 9.56. The molecule has 1 fully saturated rings. The van der Waals surface area contributed by atoms with Crippen LogP contribution >= 0.6 is 23.2 Å². The van der Waals surface area contributed by atoms with E-state index >= 15 is 0 Å². The molecule has 0 aliphatic carbocycles. The third-order valence-corrected chi connectivity index (χ3v) is 4.38. The molecule has 1 saturated heterocycles. The summed E-state index contributed by atoms with van der Waals surface area (Å²) in [7, 11) is 0. The minimum Gasteiger partial charge on any atom is -0.381 e. The van der Waals surface area contributed by atoms with Gasteiger partial charge >= 0.3 is 0 Å². The van der Waals surface area contributed by atoms with E-state index in [0.29, 0.717) is 31.9 Å². The minimum atomic E-state index is -0.473. The van der Waals surface area contributed by atoms with Gasteiger partial charge in [-0.2, -0.15) is 0 Å². The zero-order valence-electron chi connectivity index (χ0n) is 10.9. The average molecular weight is 320 g/mol. The van der Waals surface area contributed by atoms with Gasteiger partial charge in [0.15, 0.2) is 0 Å². The molecule has 3 nitrogen and oxygen atoms in total. The van der Waals surface area contributed by atoms with E-state index in [-0.39, 0.29) is 22.9 Å². The summed E-state index contributed by atoms with van der Waals surface area (Å²) < 4.78 is 18.9. The number of alkyl halides is 1. The number of carbonyl (C=O) groups excluding carboxylic acids is 1. The lowest BCUT2D eigenvalue weighted by Gasteiger charge is -2.36. The van der Waals surface area contributed by atoms with E-state index in [0.717, 1.165) is 0 Å². The summed E-state index contributed by atoms with van der Waals surface area (Å²) in [5.41, 5.74) is -0.252. The van der Waals surface area contributed by atoms with Gasteiger partial charge in [0.25, 0.3) is 0 Å². The summed E-state index contributed by atoms with van der Waals surface area (Å²) in [4.78, 5) is 12.1. The summed E-state index contributed by atoms with van der Waals surface area (Å²) in [6, 6.07) is 4.37. The van der Waals surface area contributed by atoms with E-state index in [1.807, 2.05) is 0 Å². The molecule has 2 rings (SSSR count). The molecule has 1 aliphatic rings. The summed E-state index contributed by atoms with van der Waals surface area (Å²) in [5, 5.41) is 3.17. The molecule has 0 atom stereocenters. The van der Waals surface area contributed by atoms with Crippen LogP contribution < -0.4 is 5.32 Å². The molecule has 1 aliphatic heterocycles. The van der Waals surface area contributed by atoms with Gasteiger partial charge in [-0.3, -0.25) is 4.79 Å². The molecule has 1 aromatic rings. The van der Waals surface area contributed by atoms with Crippen molar-refractivity contribution < 1.29 is 13.9 Å². The third kappa shape index (κ3) is 3.62. The summed E-state index contributed by atoms with van der Waals surface area (Å²) in [6.07, 6.45) is 1.23. The molecule has 1 amide bonds. The standard InChI is InChI=1S/C14H16Cl2FNO2/c15-9-14(4-6-20-7-5-14)18-13(19)8-10-11(16)2-1-3-12(10)17/h1-3H,4-9H2,(H,18,19). The fourth-order valence-electron chi connectivity index (χ4n) is 2.26. The molecular formula is C14H16Cl2FNO2. The van der Waals surface area contributed by atoms with E-state index in [1.54, 1.807) is 6.07 Å². The number of hydrogen-bond acceptors (Lipinski definition) is 2. The van der Waals surface area contributed by atoms with Gasteiger partial charge in [-0.05, 0) is 25.0 Å². The van der Waals surface area contributed by atoms with Crippen molar-refractivity contribution in [3.8, 4) is 0 Å². The maximum absolute atomic E-state index is 13.7. The van der Waals surface area contributed by atoms with Crippen LogP contribution in [0, 0.1) is 5.82 Å². The molecule has 0 radical (unpaired) electrons. The number of amides is 1. The first-order valence-corrected chi connectivity index (χ1v) is 7.35. The van der Waals surface area contributed by atoms with Crippen molar-refractivity contribution in [2.75, 3.05) is 19.1 Å². The normalized spacial score (nSPS) is 17.8. The first kappa shape index (κ1) is 15.5. The van der Waals surface area contributed by atoms with Crippen molar-refractivity contribution in [2.45, 2.75) is 24.8 Å². The molecule has 1 N–H and O–H groups in total. The number of halogens is 3. The van der Waals surface area contributed by atoms with Crippen LogP contribution in [0.3, 0.4) is 0 Å². The van der Waals surface area contributed by atoms with Crippen molar-refractivity contribution >= 4 is 29.1 Å². The van der Waals surface area contributed by atoms with Crippen LogP contribution in [-0.4, -0.2) is 30.5 Å². The second kappa shape index (κ2) is 6.74. The van der Waals surface area contributed by atoms with E-state index in [9.17, 15) is 9.18 Å². The van der Waals surface area contributed by atoms with E-state index in [4.69, 9.17) is 27.9 Å². The minimum absolute atomic E-state index is 0.0923. The number of carbonyl (C=O) groups is 1. The Morgan fingerprint density at radius 3 is 2.70 bits per heavy atom. The zero-order valence-corrected chi connectivity index (χ0v) is 12.4.